The van der Waals surface area contributed by atoms with Crippen LogP contribution in [0.4, 0.5) is 4.39 Å². The maximum Gasteiger partial charge on any atom is 0.525 e. The summed E-state index contributed by atoms with van der Waals surface area (Å²) < 4.78 is 26.2. The van der Waals surface area contributed by atoms with Crippen molar-refractivity contribution in [1.82, 2.24) is 9.97 Å². The lowest BCUT2D eigenvalue weighted by molar-refractivity contribution is 0.00578. The number of hydrogen-bond donors (Lipinski definition) is 0. The van der Waals surface area contributed by atoms with Gasteiger partial charge in [0.2, 0.25) is 0 Å². The Morgan fingerprint density at radius 2 is 1.75 bits per heavy atom. The average Bonchev–Trinajstić information content (AvgIpc) is 2.77. The molecule has 3 heterocycles. The third kappa shape index (κ3) is 3.12. The minimum Gasteiger partial charge on any atom is -0.398 e. The molecule has 0 aliphatic carbocycles. The number of aromatic nitrogens is 2. The van der Waals surface area contributed by atoms with Crippen LogP contribution in [0.1, 0.15) is 33.3 Å². The van der Waals surface area contributed by atoms with Crippen molar-refractivity contribution in [3.63, 3.8) is 0 Å². The molecule has 2 aromatic heterocycles. The van der Waals surface area contributed by atoms with Gasteiger partial charge in [-0.2, -0.15) is 0 Å². The van der Waals surface area contributed by atoms with Crippen LogP contribution in [-0.4, -0.2) is 28.3 Å². The molecule has 4 nitrogen and oxygen atoms in total. The van der Waals surface area contributed by atoms with Crippen molar-refractivity contribution in [2.75, 3.05) is 0 Å². The molecule has 6 heteroatoms. The van der Waals surface area contributed by atoms with E-state index in [1.54, 1.807) is 30.7 Å². The second-order valence-electron chi connectivity index (χ2n) is 6.80. The molecule has 0 aromatic carbocycles. The van der Waals surface area contributed by atoms with E-state index in [1.165, 1.54) is 6.08 Å². The van der Waals surface area contributed by atoms with E-state index >= 15 is 0 Å². The molecule has 1 saturated heterocycles. The lowest BCUT2D eigenvalue weighted by Crippen LogP contribution is -2.41. The maximum absolute atomic E-state index is 14.7. The van der Waals surface area contributed by atoms with Crippen molar-refractivity contribution in [2.24, 2.45) is 0 Å². The fraction of sp³-hybridized carbons (Fsp3) is 0.333. The second kappa shape index (κ2) is 6.11. The second-order valence-corrected chi connectivity index (χ2v) is 6.80. The van der Waals surface area contributed by atoms with E-state index in [-0.39, 0.29) is 0 Å². The highest BCUT2D eigenvalue weighted by molar-refractivity contribution is 6.54. The first kappa shape index (κ1) is 16.8. The van der Waals surface area contributed by atoms with Crippen molar-refractivity contribution in [1.29, 1.82) is 0 Å². The molecule has 0 unspecified atom stereocenters. The highest BCUT2D eigenvalue weighted by atomic mass is 19.1. The Kier molecular flexibility index (Phi) is 4.28. The van der Waals surface area contributed by atoms with Gasteiger partial charge in [0.25, 0.3) is 0 Å². The quantitative estimate of drug-likeness (QED) is 0.797. The van der Waals surface area contributed by atoms with Crippen LogP contribution < -0.4 is 0 Å². The molecule has 0 bridgehead atoms. The van der Waals surface area contributed by atoms with Gasteiger partial charge in [-0.15, -0.1) is 0 Å². The molecule has 0 atom stereocenters. The summed E-state index contributed by atoms with van der Waals surface area (Å²) in [5.41, 5.74) is 0.501. The van der Waals surface area contributed by atoms with Crippen molar-refractivity contribution < 1.29 is 13.7 Å². The first-order valence-electron chi connectivity index (χ1n) is 7.88. The third-order valence-electron chi connectivity index (χ3n) is 4.55. The van der Waals surface area contributed by atoms with Gasteiger partial charge in [-0.05, 0) is 52.0 Å². The van der Waals surface area contributed by atoms with E-state index in [0.29, 0.717) is 11.3 Å². The molecule has 3 rings (SSSR count). The van der Waals surface area contributed by atoms with E-state index in [9.17, 15) is 4.39 Å². The van der Waals surface area contributed by atoms with Crippen molar-refractivity contribution in [3.05, 3.63) is 54.1 Å². The van der Waals surface area contributed by atoms with E-state index in [1.807, 2.05) is 39.8 Å². The fourth-order valence-electron chi connectivity index (χ4n) is 2.45. The summed E-state index contributed by atoms with van der Waals surface area (Å²) in [4.78, 5) is 8.45. The van der Waals surface area contributed by atoms with Crippen molar-refractivity contribution in [3.8, 4) is 11.3 Å². The molecule has 1 aliphatic rings. The molecule has 1 fully saturated rings. The van der Waals surface area contributed by atoms with Crippen molar-refractivity contribution in [2.45, 2.75) is 38.9 Å². The monoisotopic (exact) mass is 326 g/mol. The summed E-state index contributed by atoms with van der Waals surface area (Å²) in [7, 11) is -1.02. The summed E-state index contributed by atoms with van der Waals surface area (Å²) in [5.74, 6) is 0. The van der Waals surface area contributed by atoms with Gasteiger partial charge in [-0.25, -0.2) is 4.39 Å². The Balaban J connectivity index is 1.93. The van der Waals surface area contributed by atoms with Crippen LogP contribution in [0.2, 0.25) is 0 Å². The summed E-state index contributed by atoms with van der Waals surface area (Å²) >= 11 is 0. The zero-order valence-corrected chi connectivity index (χ0v) is 14.3. The highest BCUT2D eigenvalue weighted by Gasteiger charge is 2.53. The molecule has 1 aliphatic heterocycles. The summed E-state index contributed by atoms with van der Waals surface area (Å²) in [6.07, 6.45) is 6.48. The van der Waals surface area contributed by atoms with E-state index in [4.69, 9.17) is 9.31 Å². The average molecular weight is 326 g/mol. The molecule has 0 N–H and O–H groups in total. The summed E-state index contributed by atoms with van der Waals surface area (Å²) in [5, 5.41) is 0. The van der Waals surface area contributed by atoms with E-state index < -0.39 is 24.0 Å². The zero-order chi connectivity index (χ0) is 17.4. The lowest BCUT2D eigenvalue weighted by atomic mass is 9.86. The fourth-order valence-corrected chi connectivity index (χ4v) is 2.45. The van der Waals surface area contributed by atoms with Crippen LogP contribution in [0, 0.1) is 0 Å². The normalized spacial score (nSPS) is 19.5. The smallest absolute Gasteiger partial charge is 0.398 e. The topological polar surface area (TPSA) is 44.2 Å². The van der Waals surface area contributed by atoms with Gasteiger partial charge in [-0.3, -0.25) is 9.97 Å². The predicted octanol–water partition coefficient (Wildman–Crippen LogP) is 4.09. The highest BCUT2D eigenvalue weighted by Crippen LogP contribution is 2.39. The maximum atomic E-state index is 14.7. The number of nitrogens with zero attached hydrogens (tertiary/aromatic N) is 2. The zero-order valence-electron chi connectivity index (χ0n) is 14.3. The number of pyridine rings is 2. The summed E-state index contributed by atoms with van der Waals surface area (Å²) in [6, 6.07) is 7.28. The number of halogens is 1. The Bertz CT molecular complexity index is 747. The molecule has 0 saturated carbocycles. The van der Waals surface area contributed by atoms with Gasteiger partial charge in [0.1, 0.15) is 5.73 Å². The van der Waals surface area contributed by atoms with Gasteiger partial charge in [0.05, 0.1) is 16.9 Å². The van der Waals surface area contributed by atoms with Crippen LogP contribution in [0.15, 0.2) is 48.6 Å². The SMILES string of the molecule is CC1(C)OB(C(F)=Cc2cccnc2-c2cccnc2)OC1(C)C. The Labute approximate surface area is 141 Å². The van der Waals surface area contributed by atoms with Crippen LogP contribution in [0.5, 0.6) is 0 Å². The van der Waals surface area contributed by atoms with Gasteiger partial charge < -0.3 is 9.31 Å². The van der Waals surface area contributed by atoms with Crippen LogP contribution >= 0.6 is 0 Å². The molecule has 0 spiro atoms. The molecule has 0 radical (unpaired) electrons. The first-order chi connectivity index (χ1) is 11.3. The third-order valence-corrected chi connectivity index (χ3v) is 4.55. The lowest BCUT2D eigenvalue weighted by Gasteiger charge is -2.32. The number of hydrogen-bond acceptors (Lipinski definition) is 4. The molecular weight excluding hydrogens is 306 g/mol. The number of rotatable bonds is 3. The van der Waals surface area contributed by atoms with Crippen LogP contribution in [0.3, 0.4) is 0 Å². The minimum atomic E-state index is -1.02. The Morgan fingerprint density at radius 1 is 1.08 bits per heavy atom. The van der Waals surface area contributed by atoms with Crippen LogP contribution in [0.25, 0.3) is 17.3 Å². The minimum absolute atomic E-state index is 0.480. The van der Waals surface area contributed by atoms with Gasteiger partial charge in [-0.1, -0.05) is 6.07 Å². The van der Waals surface area contributed by atoms with E-state index in [2.05, 4.69) is 9.97 Å². The first-order valence-corrected chi connectivity index (χ1v) is 7.88. The van der Waals surface area contributed by atoms with E-state index in [0.717, 1.165) is 5.56 Å². The Hall–Kier alpha value is -2.05. The van der Waals surface area contributed by atoms with Gasteiger partial charge in [0.15, 0.2) is 0 Å². The molecule has 2 aromatic rings. The molecule has 0 amide bonds. The predicted molar refractivity (Wildman–Crippen MR) is 92.6 cm³/mol. The summed E-state index contributed by atoms with van der Waals surface area (Å²) in [6.45, 7) is 7.58. The van der Waals surface area contributed by atoms with Crippen molar-refractivity contribution >= 4 is 13.2 Å². The van der Waals surface area contributed by atoms with Gasteiger partial charge >= 0.3 is 7.12 Å². The largest absolute Gasteiger partial charge is 0.525 e. The Morgan fingerprint density at radius 3 is 2.38 bits per heavy atom. The molecule has 24 heavy (non-hydrogen) atoms. The van der Waals surface area contributed by atoms with Crippen LogP contribution in [-0.2, 0) is 9.31 Å². The van der Waals surface area contributed by atoms with Gasteiger partial charge in [0, 0.05) is 29.7 Å². The molecule has 124 valence electrons. The standard InChI is InChI=1S/C18H20BFN2O2/c1-17(2)18(3,4)24-19(23-17)15(20)11-13-7-6-10-22-16(13)14-8-5-9-21-12-14/h5-12H,1-4H3. The molecular formula is C18H20BFN2O2.